The zero-order chi connectivity index (χ0) is 32.9. The second-order valence-electron chi connectivity index (χ2n) is 10.9. The summed E-state index contributed by atoms with van der Waals surface area (Å²) in [7, 11) is 0. The van der Waals surface area contributed by atoms with Gasteiger partial charge in [-0.1, -0.05) is 91.9 Å². The molecule has 0 aliphatic carbocycles. The van der Waals surface area contributed by atoms with Gasteiger partial charge in [-0.05, 0) is 63.2 Å². The molecule has 0 saturated heterocycles. The van der Waals surface area contributed by atoms with Crippen LogP contribution in [0.4, 0.5) is 0 Å². The predicted octanol–water partition coefficient (Wildman–Crippen LogP) is 7.82. The van der Waals surface area contributed by atoms with E-state index in [0.29, 0.717) is 19.3 Å². The number of carboxylic acid groups (broad SMARTS) is 3. The first-order chi connectivity index (χ1) is 20.1. The van der Waals surface area contributed by atoms with E-state index in [1.54, 1.807) is 0 Å². The van der Waals surface area contributed by atoms with E-state index in [0.717, 1.165) is 103 Å². The Balaban J connectivity index is -0.000000237. The maximum absolute atomic E-state index is 9.96. The van der Waals surface area contributed by atoms with Crippen LogP contribution in [0.15, 0.2) is 0 Å². The number of hydrogen-bond donors (Lipinski definition) is 6. The van der Waals surface area contributed by atoms with Crippen LogP contribution in [0.3, 0.4) is 0 Å². The lowest BCUT2D eigenvalue weighted by Crippen LogP contribution is -2.21. The van der Waals surface area contributed by atoms with Crippen LogP contribution in [0, 0.1) is 5.41 Å². The first-order valence-corrected chi connectivity index (χ1v) is 16.5. The van der Waals surface area contributed by atoms with Gasteiger partial charge in [-0.15, -0.1) is 0 Å². The number of aliphatic hydroxyl groups is 3. The van der Waals surface area contributed by atoms with Crippen LogP contribution in [0.1, 0.15) is 169 Å². The largest absolute Gasteiger partial charge is 0.481 e. The van der Waals surface area contributed by atoms with Gasteiger partial charge < -0.3 is 30.6 Å². The molecule has 9 heteroatoms. The highest BCUT2D eigenvalue weighted by Crippen LogP contribution is 2.38. The first-order valence-electron chi connectivity index (χ1n) is 16.5. The van der Waals surface area contributed by atoms with Gasteiger partial charge >= 0.3 is 17.9 Å². The fourth-order valence-corrected chi connectivity index (χ4v) is 4.38. The Morgan fingerprint density at radius 2 is 0.690 bits per heavy atom. The number of aliphatic hydroxyl groups excluding tert-OH is 3. The SMILES string of the molecule is CCC(CCCO)(CCCO)CCCO.CCCCCCC(=O)O.CCCCCCC(=O)O.CCCCCCC(=O)O. The van der Waals surface area contributed by atoms with Crippen molar-refractivity contribution in [3.8, 4) is 0 Å². The van der Waals surface area contributed by atoms with E-state index in [1.165, 1.54) is 19.3 Å². The molecule has 42 heavy (non-hydrogen) atoms. The van der Waals surface area contributed by atoms with Gasteiger partial charge in [0.15, 0.2) is 0 Å². The maximum atomic E-state index is 9.96. The van der Waals surface area contributed by atoms with E-state index >= 15 is 0 Å². The highest BCUT2D eigenvalue weighted by Gasteiger charge is 2.26. The molecule has 9 nitrogen and oxygen atoms in total. The van der Waals surface area contributed by atoms with E-state index in [4.69, 9.17) is 30.6 Å². The summed E-state index contributed by atoms with van der Waals surface area (Å²) in [5.41, 5.74) is 0.216. The molecule has 0 atom stereocenters. The molecular weight excluding hydrogens is 540 g/mol. The zero-order valence-electron chi connectivity index (χ0n) is 27.6. The Hall–Kier alpha value is -1.71. The quantitative estimate of drug-likeness (QED) is 0.0565. The number of rotatable bonds is 25. The summed E-state index contributed by atoms with van der Waals surface area (Å²) in [6.45, 7) is 9.20. The van der Waals surface area contributed by atoms with Gasteiger partial charge in [0, 0.05) is 39.1 Å². The van der Waals surface area contributed by atoms with Gasteiger partial charge in [-0.25, -0.2) is 0 Å². The number of carboxylic acids is 3. The average Bonchev–Trinajstić information content (AvgIpc) is 2.96. The molecule has 0 saturated carbocycles. The van der Waals surface area contributed by atoms with Gasteiger partial charge in [-0.3, -0.25) is 14.4 Å². The van der Waals surface area contributed by atoms with Crippen molar-refractivity contribution >= 4 is 17.9 Å². The Labute approximate surface area is 257 Å². The summed E-state index contributed by atoms with van der Waals surface area (Å²) in [6.07, 6.45) is 20.2. The smallest absolute Gasteiger partial charge is 0.303 e. The number of carbonyl (C=O) groups is 3. The third-order valence-corrected chi connectivity index (χ3v) is 7.08. The van der Waals surface area contributed by atoms with E-state index in [1.807, 2.05) is 0 Å². The van der Waals surface area contributed by atoms with E-state index < -0.39 is 17.9 Å². The van der Waals surface area contributed by atoms with Crippen LogP contribution in [-0.4, -0.2) is 68.4 Å². The van der Waals surface area contributed by atoms with Crippen LogP contribution in [0.5, 0.6) is 0 Å². The molecule has 0 heterocycles. The zero-order valence-corrected chi connectivity index (χ0v) is 27.6. The van der Waals surface area contributed by atoms with Crippen molar-refractivity contribution in [2.24, 2.45) is 5.41 Å². The summed E-state index contributed by atoms with van der Waals surface area (Å²) < 4.78 is 0. The molecule has 0 fully saturated rings. The molecule has 0 aromatic heterocycles. The topological polar surface area (TPSA) is 173 Å². The van der Waals surface area contributed by atoms with Crippen LogP contribution in [0.25, 0.3) is 0 Å². The fraction of sp³-hybridized carbons (Fsp3) is 0.909. The number of hydrogen-bond acceptors (Lipinski definition) is 6. The first kappa shape index (κ1) is 47.2. The third kappa shape index (κ3) is 45.3. The molecule has 0 aromatic carbocycles. The summed E-state index contributed by atoms with van der Waals surface area (Å²) in [5.74, 6) is -2.02. The summed E-state index contributed by atoms with van der Waals surface area (Å²) >= 11 is 0. The van der Waals surface area contributed by atoms with Crippen LogP contribution in [-0.2, 0) is 14.4 Å². The molecule has 0 amide bonds. The lowest BCUT2D eigenvalue weighted by molar-refractivity contribution is -0.138. The van der Waals surface area contributed by atoms with Crippen molar-refractivity contribution in [3.05, 3.63) is 0 Å². The van der Waals surface area contributed by atoms with Crippen LogP contribution >= 0.6 is 0 Å². The highest BCUT2D eigenvalue weighted by molar-refractivity contribution is 5.67. The van der Waals surface area contributed by atoms with Gasteiger partial charge in [0.05, 0.1) is 0 Å². The molecular formula is C33H68O9. The molecule has 0 radical (unpaired) electrons. The number of aliphatic carboxylic acids is 3. The molecule has 0 unspecified atom stereocenters. The van der Waals surface area contributed by atoms with E-state index in [2.05, 4.69) is 27.7 Å². The van der Waals surface area contributed by atoms with Crippen molar-refractivity contribution in [3.63, 3.8) is 0 Å². The molecule has 0 spiro atoms. The van der Waals surface area contributed by atoms with E-state index in [9.17, 15) is 14.4 Å². The summed E-state index contributed by atoms with van der Waals surface area (Å²) in [4.78, 5) is 29.9. The summed E-state index contributed by atoms with van der Waals surface area (Å²) in [5, 5.41) is 51.3. The Kier molecular flexibility index (Phi) is 44.2. The second kappa shape index (κ2) is 39.3. The Bertz CT molecular complexity index is 494. The molecule has 0 bridgehead atoms. The molecule has 6 N–H and O–H groups in total. The highest BCUT2D eigenvalue weighted by atomic mass is 16.4. The lowest BCUT2D eigenvalue weighted by Gasteiger charge is -2.33. The lowest BCUT2D eigenvalue weighted by atomic mass is 9.73. The standard InChI is InChI=1S/C12H26O3.3C7H14O2/c1-2-12(6-3-9-13,7-4-10-14)8-5-11-15;3*1-2-3-4-5-6-7(8)9/h13-15H,2-11H2,1H3;3*2-6H2,1H3,(H,8,9). The monoisotopic (exact) mass is 608 g/mol. The fourth-order valence-electron chi connectivity index (χ4n) is 4.38. The predicted molar refractivity (Wildman–Crippen MR) is 171 cm³/mol. The van der Waals surface area contributed by atoms with Gasteiger partial charge in [0.1, 0.15) is 0 Å². The maximum Gasteiger partial charge on any atom is 0.303 e. The average molecular weight is 609 g/mol. The second-order valence-corrected chi connectivity index (χ2v) is 10.9. The van der Waals surface area contributed by atoms with Crippen molar-refractivity contribution in [1.29, 1.82) is 0 Å². The van der Waals surface area contributed by atoms with Crippen LogP contribution < -0.4 is 0 Å². The van der Waals surface area contributed by atoms with Crippen LogP contribution in [0.2, 0.25) is 0 Å². The van der Waals surface area contributed by atoms with Crippen molar-refractivity contribution in [1.82, 2.24) is 0 Å². The third-order valence-electron chi connectivity index (χ3n) is 7.08. The van der Waals surface area contributed by atoms with Crippen molar-refractivity contribution in [2.45, 2.75) is 169 Å². The van der Waals surface area contributed by atoms with Gasteiger partial charge in [0.2, 0.25) is 0 Å². The van der Waals surface area contributed by atoms with E-state index in [-0.39, 0.29) is 25.2 Å². The molecule has 0 aliphatic rings. The van der Waals surface area contributed by atoms with Gasteiger partial charge in [-0.2, -0.15) is 0 Å². The number of unbranched alkanes of at least 4 members (excludes halogenated alkanes) is 9. The Morgan fingerprint density at radius 3 is 0.857 bits per heavy atom. The molecule has 254 valence electrons. The van der Waals surface area contributed by atoms with Gasteiger partial charge in [0.25, 0.3) is 0 Å². The Morgan fingerprint density at radius 1 is 0.429 bits per heavy atom. The molecule has 0 aromatic rings. The van der Waals surface area contributed by atoms with Crippen molar-refractivity contribution < 1.29 is 45.0 Å². The minimum Gasteiger partial charge on any atom is -0.481 e. The minimum atomic E-state index is -0.675. The minimum absolute atomic E-state index is 0.216. The summed E-state index contributed by atoms with van der Waals surface area (Å²) in [6, 6.07) is 0. The normalized spacial score (nSPS) is 10.4. The molecule has 0 rings (SSSR count). The molecule has 0 aliphatic heterocycles. The van der Waals surface area contributed by atoms with Crippen molar-refractivity contribution in [2.75, 3.05) is 19.8 Å².